The molecule has 1 aromatic rings. The van der Waals surface area contributed by atoms with Crippen LogP contribution in [0.2, 0.25) is 0 Å². The number of amides is 2. The first-order valence-electron chi connectivity index (χ1n) is 6.59. The van der Waals surface area contributed by atoms with E-state index in [-0.39, 0.29) is 29.0 Å². The Morgan fingerprint density at radius 3 is 2.55 bits per heavy atom. The van der Waals surface area contributed by atoms with Gasteiger partial charge in [0, 0.05) is 31.7 Å². The van der Waals surface area contributed by atoms with E-state index in [1.54, 1.807) is 11.9 Å². The van der Waals surface area contributed by atoms with Gasteiger partial charge in [0.1, 0.15) is 5.82 Å². The number of nitrogens with two attached hydrogens (primary N) is 1. The molecule has 0 saturated carbocycles. The molecule has 6 heteroatoms. The molecule has 5 nitrogen and oxygen atoms in total. The van der Waals surface area contributed by atoms with E-state index in [2.05, 4.69) is 5.32 Å². The number of likely N-dealkylation sites (tertiary alicyclic amines) is 1. The number of carbonyl (C=O) groups excluding carboxylic acids is 2. The standard InChI is InChI=1S/C14H18FN3O2/c1-17-13(19)9-4-6-18(7-5-9)14(20)11-3-2-10(16)8-12(11)15/h2-3,8-9H,4-7,16H2,1H3,(H,17,19). The first-order chi connectivity index (χ1) is 9.52. The van der Waals surface area contributed by atoms with Crippen LogP contribution in [0.4, 0.5) is 10.1 Å². The number of nitrogens with one attached hydrogen (secondary N) is 1. The molecule has 0 spiro atoms. The molecule has 0 atom stereocenters. The number of carbonyl (C=O) groups is 2. The predicted molar refractivity (Wildman–Crippen MR) is 73.5 cm³/mol. The second kappa shape index (κ2) is 5.90. The number of piperidine rings is 1. The Morgan fingerprint density at radius 1 is 1.35 bits per heavy atom. The number of halogens is 1. The normalized spacial score (nSPS) is 16.0. The van der Waals surface area contributed by atoms with Crippen molar-refractivity contribution in [1.29, 1.82) is 0 Å². The first kappa shape index (κ1) is 14.3. The van der Waals surface area contributed by atoms with Gasteiger partial charge < -0.3 is 16.0 Å². The lowest BCUT2D eigenvalue weighted by Crippen LogP contribution is -2.42. The minimum absolute atomic E-state index is 0.00392. The van der Waals surface area contributed by atoms with Crippen molar-refractivity contribution in [2.75, 3.05) is 25.9 Å². The van der Waals surface area contributed by atoms with E-state index in [9.17, 15) is 14.0 Å². The molecular formula is C14H18FN3O2. The Bertz CT molecular complexity index is 525. The molecule has 20 heavy (non-hydrogen) atoms. The van der Waals surface area contributed by atoms with Gasteiger partial charge >= 0.3 is 0 Å². The molecule has 2 rings (SSSR count). The van der Waals surface area contributed by atoms with Crippen molar-refractivity contribution < 1.29 is 14.0 Å². The molecule has 0 bridgehead atoms. The van der Waals surface area contributed by atoms with Gasteiger partial charge in [0.15, 0.2) is 0 Å². The van der Waals surface area contributed by atoms with Crippen molar-refractivity contribution in [3.05, 3.63) is 29.6 Å². The van der Waals surface area contributed by atoms with Crippen LogP contribution in [0.3, 0.4) is 0 Å². The van der Waals surface area contributed by atoms with Gasteiger partial charge in [-0.15, -0.1) is 0 Å². The Morgan fingerprint density at radius 2 is 2.00 bits per heavy atom. The molecule has 1 aliphatic rings. The van der Waals surface area contributed by atoms with E-state index < -0.39 is 5.82 Å². The molecule has 0 unspecified atom stereocenters. The van der Waals surface area contributed by atoms with Crippen molar-refractivity contribution >= 4 is 17.5 Å². The van der Waals surface area contributed by atoms with E-state index in [1.165, 1.54) is 12.1 Å². The highest BCUT2D eigenvalue weighted by Gasteiger charge is 2.28. The lowest BCUT2D eigenvalue weighted by atomic mass is 9.95. The Balaban J connectivity index is 2.03. The van der Waals surface area contributed by atoms with Gasteiger partial charge in [0.2, 0.25) is 5.91 Å². The van der Waals surface area contributed by atoms with Crippen molar-refractivity contribution in [2.24, 2.45) is 5.92 Å². The number of nitrogens with zero attached hydrogens (tertiary/aromatic N) is 1. The monoisotopic (exact) mass is 279 g/mol. The highest BCUT2D eigenvalue weighted by atomic mass is 19.1. The van der Waals surface area contributed by atoms with Gasteiger partial charge in [-0.3, -0.25) is 9.59 Å². The number of hydrogen-bond donors (Lipinski definition) is 2. The number of rotatable bonds is 2. The largest absolute Gasteiger partial charge is 0.399 e. The minimum Gasteiger partial charge on any atom is -0.399 e. The van der Waals surface area contributed by atoms with Crippen LogP contribution in [0.1, 0.15) is 23.2 Å². The van der Waals surface area contributed by atoms with Crippen LogP contribution in [0.5, 0.6) is 0 Å². The Kier molecular flexibility index (Phi) is 4.22. The van der Waals surface area contributed by atoms with Crippen molar-refractivity contribution in [1.82, 2.24) is 10.2 Å². The summed E-state index contributed by atoms with van der Waals surface area (Å²) in [5, 5.41) is 2.61. The Hall–Kier alpha value is -2.11. The topological polar surface area (TPSA) is 75.4 Å². The zero-order chi connectivity index (χ0) is 14.7. The number of hydrogen-bond acceptors (Lipinski definition) is 3. The van der Waals surface area contributed by atoms with Crippen LogP contribution < -0.4 is 11.1 Å². The highest BCUT2D eigenvalue weighted by Crippen LogP contribution is 2.21. The van der Waals surface area contributed by atoms with Crippen molar-refractivity contribution in [2.45, 2.75) is 12.8 Å². The van der Waals surface area contributed by atoms with Crippen LogP contribution in [-0.4, -0.2) is 36.9 Å². The summed E-state index contributed by atoms with van der Waals surface area (Å²) in [7, 11) is 1.60. The second-order valence-electron chi connectivity index (χ2n) is 4.92. The summed E-state index contributed by atoms with van der Waals surface area (Å²) in [5.74, 6) is -1.03. The smallest absolute Gasteiger partial charge is 0.256 e. The van der Waals surface area contributed by atoms with Crippen LogP contribution in [-0.2, 0) is 4.79 Å². The predicted octanol–water partition coefficient (Wildman–Crippen LogP) is 1.01. The lowest BCUT2D eigenvalue weighted by molar-refractivity contribution is -0.125. The van der Waals surface area contributed by atoms with Gasteiger partial charge in [0.25, 0.3) is 5.91 Å². The molecule has 1 saturated heterocycles. The lowest BCUT2D eigenvalue weighted by Gasteiger charge is -2.31. The van der Waals surface area contributed by atoms with Crippen molar-refractivity contribution in [3.8, 4) is 0 Å². The first-order valence-corrected chi connectivity index (χ1v) is 6.59. The minimum atomic E-state index is -0.608. The molecule has 1 aromatic carbocycles. The SMILES string of the molecule is CNC(=O)C1CCN(C(=O)c2ccc(N)cc2F)CC1. The van der Waals surface area contributed by atoms with E-state index in [4.69, 9.17) is 5.73 Å². The third kappa shape index (κ3) is 2.89. The van der Waals surface area contributed by atoms with E-state index in [0.29, 0.717) is 25.9 Å². The average Bonchev–Trinajstić information content (AvgIpc) is 2.46. The highest BCUT2D eigenvalue weighted by molar-refractivity contribution is 5.95. The van der Waals surface area contributed by atoms with Crippen LogP contribution >= 0.6 is 0 Å². The summed E-state index contributed by atoms with van der Waals surface area (Å²) in [5.41, 5.74) is 5.78. The number of nitrogen functional groups attached to an aromatic ring is 1. The van der Waals surface area contributed by atoms with Crippen molar-refractivity contribution in [3.63, 3.8) is 0 Å². The number of anilines is 1. The molecular weight excluding hydrogens is 261 g/mol. The summed E-state index contributed by atoms with van der Waals surface area (Å²) in [6, 6.07) is 4.05. The fourth-order valence-electron chi connectivity index (χ4n) is 2.42. The summed E-state index contributed by atoms with van der Waals surface area (Å²) in [6.07, 6.45) is 1.20. The molecule has 0 aromatic heterocycles. The van der Waals surface area contributed by atoms with Gasteiger partial charge in [-0.1, -0.05) is 0 Å². The van der Waals surface area contributed by atoms with Gasteiger partial charge in [0.05, 0.1) is 5.56 Å². The molecule has 1 aliphatic heterocycles. The summed E-state index contributed by atoms with van der Waals surface area (Å²) >= 11 is 0. The van der Waals surface area contributed by atoms with E-state index in [1.807, 2.05) is 0 Å². The third-order valence-corrected chi connectivity index (χ3v) is 3.62. The fourth-order valence-corrected chi connectivity index (χ4v) is 2.42. The summed E-state index contributed by atoms with van der Waals surface area (Å²) < 4.78 is 13.7. The second-order valence-corrected chi connectivity index (χ2v) is 4.92. The zero-order valence-corrected chi connectivity index (χ0v) is 11.4. The average molecular weight is 279 g/mol. The van der Waals surface area contributed by atoms with Crippen LogP contribution in [0, 0.1) is 11.7 Å². The maximum atomic E-state index is 13.7. The van der Waals surface area contributed by atoms with Gasteiger partial charge in [-0.25, -0.2) is 4.39 Å². The van der Waals surface area contributed by atoms with Crippen LogP contribution in [0.25, 0.3) is 0 Å². The van der Waals surface area contributed by atoms with Crippen LogP contribution in [0.15, 0.2) is 18.2 Å². The van der Waals surface area contributed by atoms with Gasteiger partial charge in [-0.05, 0) is 31.0 Å². The number of benzene rings is 1. The molecule has 108 valence electrons. The maximum absolute atomic E-state index is 13.7. The molecule has 3 N–H and O–H groups in total. The Labute approximate surface area is 116 Å². The maximum Gasteiger partial charge on any atom is 0.256 e. The molecule has 1 fully saturated rings. The summed E-state index contributed by atoms with van der Waals surface area (Å²) in [6.45, 7) is 0.918. The molecule has 0 aliphatic carbocycles. The zero-order valence-electron chi connectivity index (χ0n) is 11.4. The fraction of sp³-hybridized carbons (Fsp3) is 0.429. The van der Waals surface area contributed by atoms with E-state index in [0.717, 1.165) is 6.07 Å². The quantitative estimate of drug-likeness (QED) is 0.793. The molecule has 2 amide bonds. The summed E-state index contributed by atoms with van der Waals surface area (Å²) in [4.78, 5) is 25.3. The molecule has 0 radical (unpaired) electrons. The van der Waals surface area contributed by atoms with Gasteiger partial charge in [-0.2, -0.15) is 0 Å². The molecule has 1 heterocycles. The van der Waals surface area contributed by atoms with E-state index >= 15 is 0 Å². The third-order valence-electron chi connectivity index (χ3n) is 3.62.